The average Bonchev–Trinajstić information content (AvgIpc) is 2.12. The summed E-state index contributed by atoms with van der Waals surface area (Å²) < 4.78 is 3.17. The van der Waals surface area contributed by atoms with E-state index in [4.69, 9.17) is 0 Å². The number of benzene rings is 2. The van der Waals surface area contributed by atoms with Crippen molar-refractivity contribution in [2.45, 2.75) is 0 Å². The van der Waals surface area contributed by atoms with Gasteiger partial charge < -0.3 is 0 Å². The summed E-state index contributed by atoms with van der Waals surface area (Å²) in [5.41, 5.74) is 0. The molecule has 2 rings (SSSR count). The number of halogens is 3. The van der Waals surface area contributed by atoms with Crippen LogP contribution in [0, 0.1) is 6.07 Å². The van der Waals surface area contributed by atoms with Crippen LogP contribution in [0.1, 0.15) is 0 Å². The summed E-state index contributed by atoms with van der Waals surface area (Å²) in [6, 6.07) is 11.2. The molecule has 13 heavy (non-hydrogen) atoms. The van der Waals surface area contributed by atoms with Crippen molar-refractivity contribution in [2.75, 3.05) is 0 Å². The lowest BCUT2D eigenvalue weighted by molar-refractivity contribution is 1.62. The molecule has 0 atom stereocenters. The van der Waals surface area contributed by atoms with Gasteiger partial charge in [0.2, 0.25) is 0 Å². The largest absolute Gasteiger partial charge is 0.0605 e. The summed E-state index contributed by atoms with van der Waals surface area (Å²) in [6.07, 6.45) is 0. The fourth-order valence-electron chi connectivity index (χ4n) is 1.18. The Labute approximate surface area is 102 Å². The summed E-state index contributed by atoms with van der Waals surface area (Å²) in [4.78, 5) is 0. The fraction of sp³-hybridized carbons (Fsp3) is 0. The maximum Gasteiger partial charge on any atom is 0.0396 e. The van der Waals surface area contributed by atoms with Crippen molar-refractivity contribution < 1.29 is 0 Å². The lowest BCUT2D eigenvalue weighted by Crippen LogP contribution is -1.77. The minimum Gasteiger partial charge on any atom is -0.0605 e. The van der Waals surface area contributed by atoms with E-state index in [1.807, 2.05) is 18.2 Å². The van der Waals surface area contributed by atoms with E-state index in [0.717, 1.165) is 24.2 Å². The molecule has 0 unspecified atom stereocenters. The monoisotopic (exact) mass is 361 g/mol. The van der Waals surface area contributed by atoms with Crippen LogP contribution in [0.4, 0.5) is 0 Å². The molecule has 0 saturated carbocycles. The van der Waals surface area contributed by atoms with Crippen molar-refractivity contribution in [1.29, 1.82) is 0 Å². The molecule has 3 heteroatoms. The predicted molar refractivity (Wildman–Crippen MR) is 65.9 cm³/mol. The van der Waals surface area contributed by atoms with E-state index in [9.17, 15) is 0 Å². The Hall–Kier alpha value is 0.140. The normalized spacial score (nSPS) is 10.7. The van der Waals surface area contributed by atoms with Crippen LogP contribution in [0.15, 0.2) is 37.7 Å². The first-order valence-corrected chi connectivity index (χ1v) is 6.02. The van der Waals surface area contributed by atoms with Crippen LogP contribution in [0.25, 0.3) is 10.8 Å². The summed E-state index contributed by atoms with van der Waals surface area (Å²) >= 11 is 10.5. The third kappa shape index (κ3) is 1.69. The molecule has 1 radical (unpaired) electrons. The van der Waals surface area contributed by atoms with Gasteiger partial charge in [0, 0.05) is 18.8 Å². The Morgan fingerprint density at radius 1 is 1.00 bits per heavy atom. The van der Waals surface area contributed by atoms with Crippen molar-refractivity contribution >= 4 is 58.6 Å². The third-order valence-corrected chi connectivity index (χ3v) is 4.48. The van der Waals surface area contributed by atoms with Crippen LogP contribution in [0.2, 0.25) is 0 Å². The van der Waals surface area contributed by atoms with Crippen molar-refractivity contribution in [3.05, 3.63) is 43.7 Å². The van der Waals surface area contributed by atoms with Gasteiger partial charge in [-0.15, -0.1) is 0 Å². The topological polar surface area (TPSA) is 0 Å². The standard InChI is InChI=1S/C10H4Br3/c11-8-3-1-2-7-6(8)4-5-9(12)10(7)13/h1-3,5H. The van der Waals surface area contributed by atoms with Crippen LogP contribution in [-0.4, -0.2) is 0 Å². The zero-order valence-corrected chi connectivity index (χ0v) is 11.2. The molecular weight excluding hydrogens is 360 g/mol. The summed E-state index contributed by atoms with van der Waals surface area (Å²) in [7, 11) is 0. The van der Waals surface area contributed by atoms with Crippen molar-refractivity contribution in [3.8, 4) is 0 Å². The van der Waals surface area contributed by atoms with Crippen LogP contribution in [0.5, 0.6) is 0 Å². The van der Waals surface area contributed by atoms with Gasteiger partial charge in [-0.2, -0.15) is 0 Å². The number of rotatable bonds is 0. The minimum atomic E-state index is 1.03. The van der Waals surface area contributed by atoms with Gasteiger partial charge in [0.25, 0.3) is 0 Å². The Morgan fingerprint density at radius 2 is 1.77 bits per heavy atom. The number of fused-ring (bicyclic) bond motifs is 1. The average molecular weight is 364 g/mol. The summed E-state index contributed by atoms with van der Waals surface area (Å²) in [6.45, 7) is 0. The van der Waals surface area contributed by atoms with E-state index < -0.39 is 0 Å². The second-order valence-corrected chi connectivity index (χ2v) is 5.11. The zero-order valence-electron chi connectivity index (χ0n) is 6.44. The molecule has 0 heterocycles. The number of hydrogen-bond donors (Lipinski definition) is 0. The SMILES string of the molecule is Brc1c[c]c2c(Br)cccc2c1Br. The number of hydrogen-bond acceptors (Lipinski definition) is 0. The Kier molecular flexibility index (Phi) is 2.77. The van der Waals surface area contributed by atoms with Gasteiger partial charge in [-0.25, -0.2) is 0 Å². The Morgan fingerprint density at radius 3 is 2.54 bits per heavy atom. The molecule has 0 fully saturated rings. The highest BCUT2D eigenvalue weighted by atomic mass is 79.9. The highest BCUT2D eigenvalue weighted by Crippen LogP contribution is 2.34. The Balaban J connectivity index is 2.94. The molecule has 0 nitrogen and oxygen atoms in total. The van der Waals surface area contributed by atoms with Crippen LogP contribution in [-0.2, 0) is 0 Å². The molecule has 2 aromatic carbocycles. The van der Waals surface area contributed by atoms with Gasteiger partial charge in [0.1, 0.15) is 0 Å². The van der Waals surface area contributed by atoms with E-state index in [2.05, 4.69) is 59.9 Å². The van der Waals surface area contributed by atoms with Crippen LogP contribution >= 0.6 is 47.8 Å². The highest BCUT2D eigenvalue weighted by molar-refractivity contribution is 9.13. The van der Waals surface area contributed by atoms with E-state index in [1.165, 1.54) is 0 Å². The second kappa shape index (κ2) is 3.71. The maximum absolute atomic E-state index is 3.53. The van der Waals surface area contributed by atoms with Gasteiger partial charge in [-0.3, -0.25) is 0 Å². The van der Waals surface area contributed by atoms with Gasteiger partial charge in [0.15, 0.2) is 0 Å². The van der Waals surface area contributed by atoms with Gasteiger partial charge in [0.05, 0.1) is 0 Å². The first-order valence-electron chi connectivity index (χ1n) is 3.64. The Bertz CT molecular complexity index is 463. The van der Waals surface area contributed by atoms with Gasteiger partial charge >= 0.3 is 0 Å². The van der Waals surface area contributed by atoms with E-state index in [-0.39, 0.29) is 0 Å². The lowest BCUT2D eigenvalue weighted by atomic mass is 10.1. The summed E-state index contributed by atoms with van der Waals surface area (Å²) in [5, 5.41) is 2.25. The van der Waals surface area contributed by atoms with Crippen molar-refractivity contribution in [1.82, 2.24) is 0 Å². The quantitative estimate of drug-likeness (QED) is 0.622. The molecule has 0 N–H and O–H groups in total. The lowest BCUT2D eigenvalue weighted by Gasteiger charge is -2.03. The zero-order chi connectivity index (χ0) is 9.42. The minimum absolute atomic E-state index is 1.03. The molecule has 0 amide bonds. The van der Waals surface area contributed by atoms with Crippen molar-refractivity contribution in [2.24, 2.45) is 0 Å². The highest BCUT2D eigenvalue weighted by Gasteiger charge is 2.04. The van der Waals surface area contributed by atoms with Crippen LogP contribution in [0.3, 0.4) is 0 Å². The molecule has 0 spiro atoms. The first-order chi connectivity index (χ1) is 6.20. The van der Waals surface area contributed by atoms with Crippen LogP contribution < -0.4 is 0 Å². The first kappa shape index (κ1) is 9.69. The second-order valence-electron chi connectivity index (χ2n) is 2.61. The molecule has 0 aromatic heterocycles. The smallest absolute Gasteiger partial charge is 0.0396 e. The van der Waals surface area contributed by atoms with E-state index in [1.54, 1.807) is 0 Å². The molecule has 65 valence electrons. The predicted octanol–water partition coefficient (Wildman–Crippen LogP) is 4.93. The van der Waals surface area contributed by atoms with E-state index >= 15 is 0 Å². The molecule has 2 aromatic rings. The fourth-order valence-corrected chi connectivity index (χ4v) is 2.43. The third-order valence-electron chi connectivity index (χ3n) is 1.80. The molecule has 0 aliphatic carbocycles. The molecule has 0 saturated heterocycles. The molecule has 0 aliphatic heterocycles. The molecular formula is C10H4Br3. The van der Waals surface area contributed by atoms with Gasteiger partial charge in [-0.05, 0) is 55.4 Å². The summed E-state index contributed by atoms with van der Waals surface area (Å²) in [5.74, 6) is 0. The van der Waals surface area contributed by atoms with Gasteiger partial charge in [-0.1, -0.05) is 28.1 Å². The van der Waals surface area contributed by atoms with E-state index in [0.29, 0.717) is 0 Å². The maximum atomic E-state index is 3.53. The molecule has 0 aliphatic rings. The van der Waals surface area contributed by atoms with Crippen molar-refractivity contribution in [3.63, 3.8) is 0 Å². The molecule has 0 bridgehead atoms.